The molecule has 2 bridgehead atoms. The summed E-state index contributed by atoms with van der Waals surface area (Å²) in [6.45, 7) is 0.306. The molecular formula is C29H30ClNO6. The lowest BCUT2D eigenvalue weighted by Crippen LogP contribution is -2.47. The van der Waals surface area contributed by atoms with Gasteiger partial charge in [0, 0.05) is 29.0 Å². The number of fused-ring (bicyclic) bond motifs is 2. The Kier molecular flexibility index (Phi) is 7.51. The van der Waals surface area contributed by atoms with Crippen LogP contribution in [0.25, 0.3) is 0 Å². The number of ether oxygens (including phenoxy) is 3. The molecular weight excluding hydrogens is 494 g/mol. The van der Waals surface area contributed by atoms with Crippen molar-refractivity contribution in [3.8, 4) is 5.75 Å². The van der Waals surface area contributed by atoms with Crippen LogP contribution >= 0.6 is 11.6 Å². The third kappa shape index (κ3) is 5.51. The predicted octanol–water partition coefficient (Wildman–Crippen LogP) is 4.45. The molecule has 2 saturated heterocycles. The summed E-state index contributed by atoms with van der Waals surface area (Å²) in [5.74, 6) is -0.371. The Labute approximate surface area is 221 Å². The first-order chi connectivity index (χ1) is 17.9. The first kappa shape index (κ1) is 25.7. The van der Waals surface area contributed by atoms with E-state index < -0.39 is 17.5 Å². The molecule has 5 rings (SSSR count). The van der Waals surface area contributed by atoms with Gasteiger partial charge in [-0.25, -0.2) is 0 Å². The second-order valence-corrected chi connectivity index (χ2v) is 9.96. The van der Waals surface area contributed by atoms with Crippen LogP contribution in [-0.2, 0) is 26.5 Å². The van der Waals surface area contributed by atoms with Gasteiger partial charge in [0.05, 0.1) is 19.3 Å². The molecule has 37 heavy (non-hydrogen) atoms. The predicted molar refractivity (Wildman–Crippen MR) is 140 cm³/mol. The van der Waals surface area contributed by atoms with Crippen molar-refractivity contribution in [2.45, 2.75) is 36.8 Å². The van der Waals surface area contributed by atoms with Crippen molar-refractivity contribution in [2.75, 3.05) is 26.9 Å². The largest absolute Gasteiger partial charge is 0.487 e. The standard InChI is InChI=1S/C29H30ClNO6/c1-34-31-27(21-5-3-2-4-6-21)17-35-25-10-7-20(8-11-25)13-22-14-23(9-12-26(22)30)29-16-24(33)15-28(18-32,37-29)19-36-29/h2-12,14,24,32-33H,13,15-19H2,1H3/b31-27-/t24?,28-,29+/m0/s1. The number of hydrogen-bond donors (Lipinski definition) is 2. The fourth-order valence-electron chi connectivity index (χ4n) is 5.00. The van der Waals surface area contributed by atoms with E-state index in [1.54, 1.807) is 0 Å². The zero-order valence-corrected chi connectivity index (χ0v) is 21.4. The van der Waals surface area contributed by atoms with Gasteiger partial charge in [-0.3, -0.25) is 0 Å². The summed E-state index contributed by atoms with van der Waals surface area (Å²) in [7, 11) is 1.52. The van der Waals surface area contributed by atoms with Gasteiger partial charge in [0.2, 0.25) is 0 Å². The molecule has 2 aliphatic rings. The summed E-state index contributed by atoms with van der Waals surface area (Å²) in [5.41, 5.74) is 3.51. The minimum Gasteiger partial charge on any atom is -0.487 e. The van der Waals surface area contributed by atoms with Crippen molar-refractivity contribution in [3.63, 3.8) is 0 Å². The van der Waals surface area contributed by atoms with Crippen LogP contribution < -0.4 is 4.74 Å². The van der Waals surface area contributed by atoms with Crippen molar-refractivity contribution < 1.29 is 29.3 Å². The van der Waals surface area contributed by atoms with Crippen LogP contribution in [0.4, 0.5) is 0 Å². The van der Waals surface area contributed by atoms with Gasteiger partial charge >= 0.3 is 0 Å². The first-order valence-corrected chi connectivity index (χ1v) is 12.6. The van der Waals surface area contributed by atoms with Crippen molar-refractivity contribution in [1.29, 1.82) is 0 Å². The smallest absolute Gasteiger partial charge is 0.198 e. The quantitative estimate of drug-likeness (QED) is 0.318. The van der Waals surface area contributed by atoms with Gasteiger partial charge in [-0.1, -0.05) is 65.3 Å². The number of rotatable bonds is 9. The molecule has 7 nitrogen and oxygen atoms in total. The van der Waals surface area contributed by atoms with Crippen LogP contribution in [0.15, 0.2) is 78.0 Å². The normalized spacial score (nSPS) is 25.2. The van der Waals surface area contributed by atoms with E-state index in [1.165, 1.54) is 7.11 Å². The number of aliphatic hydroxyl groups excluding tert-OH is 2. The lowest BCUT2D eigenvalue weighted by Gasteiger charge is -2.39. The summed E-state index contributed by atoms with van der Waals surface area (Å²) in [6.07, 6.45) is 0.632. The van der Waals surface area contributed by atoms with E-state index in [0.717, 1.165) is 22.3 Å². The van der Waals surface area contributed by atoms with Crippen LogP contribution in [-0.4, -0.2) is 54.6 Å². The lowest BCUT2D eigenvalue weighted by molar-refractivity contribution is -0.248. The maximum absolute atomic E-state index is 10.4. The van der Waals surface area contributed by atoms with Crippen LogP contribution in [0.5, 0.6) is 5.75 Å². The fraction of sp³-hybridized carbons (Fsp3) is 0.345. The van der Waals surface area contributed by atoms with Crippen molar-refractivity contribution in [2.24, 2.45) is 5.16 Å². The van der Waals surface area contributed by atoms with Gasteiger partial charge in [-0.05, 0) is 41.8 Å². The van der Waals surface area contributed by atoms with Gasteiger partial charge in [0.1, 0.15) is 30.8 Å². The molecule has 2 heterocycles. The molecule has 2 N–H and O–H groups in total. The Hall–Kier alpha value is -2.94. The van der Waals surface area contributed by atoms with E-state index in [9.17, 15) is 10.2 Å². The minimum atomic E-state index is -1.09. The van der Waals surface area contributed by atoms with Gasteiger partial charge in [0.25, 0.3) is 0 Å². The van der Waals surface area contributed by atoms with Crippen molar-refractivity contribution in [3.05, 3.63) is 100 Å². The summed E-state index contributed by atoms with van der Waals surface area (Å²) in [5, 5.41) is 25.0. The van der Waals surface area contributed by atoms with Gasteiger partial charge in [-0.15, -0.1) is 0 Å². The van der Waals surface area contributed by atoms with Gasteiger partial charge in [-0.2, -0.15) is 0 Å². The van der Waals surface area contributed by atoms with Crippen LogP contribution in [0.3, 0.4) is 0 Å². The van der Waals surface area contributed by atoms with Crippen molar-refractivity contribution in [1.82, 2.24) is 0 Å². The molecule has 1 unspecified atom stereocenters. The third-order valence-electron chi connectivity index (χ3n) is 6.84. The number of halogens is 1. The number of aliphatic hydroxyl groups is 2. The molecule has 0 amide bonds. The molecule has 0 spiro atoms. The van der Waals surface area contributed by atoms with E-state index in [2.05, 4.69) is 5.16 Å². The maximum atomic E-state index is 10.4. The van der Waals surface area contributed by atoms with Crippen LogP contribution in [0.2, 0.25) is 5.02 Å². The monoisotopic (exact) mass is 523 g/mol. The summed E-state index contributed by atoms with van der Waals surface area (Å²) in [6, 6.07) is 23.2. The van der Waals surface area contributed by atoms with Crippen LogP contribution in [0.1, 0.15) is 35.1 Å². The van der Waals surface area contributed by atoms with E-state index >= 15 is 0 Å². The number of oxime groups is 1. The Balaban J connectivity index is 1.28. The molecule has 2 aliphatic heterocycles. The Morgan fingerprint density at radius 1 is 1.08 bits per heavy atom. The molecule has 194 valence electrons. The van der Waals surface area contributed by atoms with E-state index in [4.69, 9.17) is 30.6 Å². The summed E-state index contributed by atoms with van der Waals surface area (Å²) >= 11 is 6.55. The molecule has 3 atom stereocenters. The molecule has 3 aromatic rings. The number of benzene rings is 3. The van der Waals surface area contributed by atoms with Gasteiger partial charge < -0.3 is 29.3 Å². The Bertz CT molecular complexity index is 1250. The second-order valence-electron chi connectivity index (χ2n) is 9.55. The third-order valence-corrected chi connectivity index (χ3v) is 7.21. The van der Waals surface area contributed by atoms with E-state index in [-0.39, 0.29) is 19.8 Å². The Morgan fingerprint density at radius 3 is 2.59 bits per heavy atom. The zero-order valence-electron chi connectivity index (χ0n) is 20.6. The highest BCUT2D eigenvalue weighted by Crippen LogP contribution is 2.49. The number of nitrogens with zero attached hydrogens (tertiary/aromatic N) is 1. The van der Waals surface area contributed by atoms with Crippen LogP contribution in [0, 0.1) is 0 Å². The molecule has 0 radical (unpaired) electrons. The molecule has 3 aromatic carbocycles. The highest BCUT2D eigenvalue weighted by molar-refractivity contribution is 6.31. The topological polar surface area (TPSA) is 89.7 Å². The lowest BCUT2D eigenvalue weighted by atomic mass is 9.88. The highest BCUT2D eigenvalue weighted by atomic mass is 35.5. The number of hydrogen-bond acceptors (Lipinski definition) is 7. The zero-order chi connectivity index (χ0) is 25.9. The minimum absolute atomic E-state index is 0.204. The highest BCUT2D eigenvalue weighted by Gasteiger charge is 2.57. The summed E-state index contributed by atoms with van der Waals surface area (Å²) in [4.78, 5) is 4.98. The molecule has 0 aliphatic carbocycles. The molecule has 2 fully saturated rings. The van der Waals surface area contributed by atoms with E-state index in [0.29, 0.717) is 35.7 Å². The van der Waals surface area contributed by atoms with Crippen molar-refractivity contribution >= 4 is 17.3 Å². The molecule has 0 aromatic heterocycles. The van der Waals surface area contributed by atoms with Gasteiger partial charge in [0.15, 0.2) is 5.79 Å². The average molecular weight is 524 g/mol. The molecule has 8 heteroatoms. The maximum Gasteiger partial charge on any atom is 0.198 e. The first-order valence-electron chi connectivity index (χ1n) is 12.2. The van der Waals surface area contributed by atoms with E-state index in [1.807, 2.05) is 72.8 Å². The molecule has 0 saturated carbocycles. The average Bonchev–Trinajstić information content (AvgIpc) is 3.21. The summed E-state index contributed by atoms with van der Waals surface area (Å²) < 4.78 is 18.2. The Morgan fingerprint density at radius 2 is 1.86 bits per heavy atom. The SMILES string of the molecule is CO/N=C(/COc1ccc(Cc2cc([C@]34CC(O)C[C@](CO)(CO3)O4)ccc2Cl)cc1)c1ccccc1. The second kappa shape index (κ2) is 10.8. The fourth-order valence-corrected chi connectivity index (χ4v) is 5.18.